The predicted molar refractivity (Wildman–Crippen MR) is 52.7 cm³/mol. The Labute approximate surface area is 86.1 Å². The molecule has 0 aromatic heterocycles. The van der Waals surface area contributed by atoms with Gasteiger partial charge in [-0.05, 0) is 19.1 Å². The molecular formula is C8H13NO4S. The van der Waals surface area contributed by atoms with Crippen molar-refractivity contribution in [3.05, 3.63) is 0 Å². The fraction of sp³-hybridized carbons (Fsp3) is 0.750. The average molecular weight is 219 g/mol. The van der Waals surface area contributed by atoms with Crippen molar-refractivity contribution in [2.24, 2.45) is 0 Å². The Morgan fingerprint density at radius 2 is 1.79 bits per heavy atom. The lowest BCUT2D eigenvalue weighted by Gasteiger charge is -2.36. The van der Waals surface area contributed by atoms with Crippen LogP contribution < -0.4 is 0 Å². The molecule has 1 fully saturated rings. The molecule has 14 heavy (non-hydrogen) atoms. The molecule has 1 saturated heterocycles. The predicted octanol–water partition coefficient (Wildman–Crippen LogP) is 0.947. The number of piperidine rings is 1. The molecule has 6 heteroatoms. The molecule has 0 aromatic rings. The molecule has 0 saturated carbocycles. The first-order chi connectivity index (χ1) is 6.52. The third-order valence-corrected chi connectivity index (χ3v) is 3.99. The fourth-order valence-corrected chi connectivity index (χ4v) is 2.33. The summed E-state index contributed by atoms with van der Waals surface area (Å²) >= 11 is 1.30. The Morgan fingerprint density at radius 1 is 1.29 bits per heavy atom. The van der Waals surface area contributed by atoms with Gasteiger partial charge < -0.3 is 15.1 Å². The van der Waals surface area contributed by atoms with Gasteiger partial charge in [0.2, 0.25) is 0 Å². The van der Waals surface area contributed by atoms with Gasteiger partial charge in [-0.2, -0.15) is 0 Å². The number of thioether (sulfide) groups is 1. The zero-order chi connectivity index (χ0) is 10.8. The largest absolute Gasteiger partial charge is 0.480 e. The molecule has 0 unspecified atom stereocenters. The molecule has 5 nitrogen and oxygen atoms in total. The molecule has 0 aliphatic carbocycles. The lowest BCUT2D eigenvalue weighted by Crippen LogP contribution is -2.48. The Hall–Kier alpha value is -0.910. The van der Waals surface area contributed by atoms with Gasteiger partial charge in [0.05, 0.1) is 0 Å². The summed E-state index contributed by atoms with van der Waals surface area (Å²) in [5.41, 5.74) is 0. The van der Waals surface area contributed by atoms with E-state index >= 15 is 0 Å². The van der Waals surface area contributed by atoms with Crippen molar-refractivity contribution in [2.75, 3.05) is 19.3 Å². The van der Waals surface area contributed by atoms with Crippen LogP contribution in [0.2, 0.25) is 0 Å². The average Bonchev–Trinajstić information content (AvgIpc) is 2.17. The summed E-state index contributed by atoms with van der Waals surface area (Å²) in [6.45, 7) is 0.616. The summed E-state index contributed by atoms with van der Waals surface area (Å²) in [5, 5.41) is 17.7. The first-order valence-corrected chi connectivity index (χ1v) is 5.51. The monoisotopic (exact) mass is 219 g/mol. The zero-order valence-corrected chi connectivity index (χ0v) is 8.71. The Balaban J connectivity index is 2.64. The van der Waals surface area contributed by atoms with Crippen molar-refractivity contribution < 1.29 is 19.8 Å². The van der Waals surface area contributed by atoms with Crippen LogP contribution in [0.15, 0.2) is 0 Å². The summed E-state index contributed by atoms with van der Waals surface area (Å²) in [6.07, 6.45) is 1.56. The Bertz CT molecular complexity index is 248. The van der Waals surface area contributed by atoms with E-state index in [0.29, 0.717) is 25.9 Å². The maximum absolute atomic E-state index is 11.0. The second-order valence-electron chi connectivity index (χ2n) is 3.27. The minimum absolute atomic E-state index is 0.308. The normalized spacial score (nSPS) is 20.5. The first-order valence-electron chi connectivity index (χ1n) is 4.28. The molecule has 0 atom stereocenters. The van der Waals surface area contributed by atoms with E-state index in [0.717, 1.165) is 0 Å². The molecule has 1 amide bonds. The molecule has 1 heterocycles. The lowest BCUT2D eigenvalue weighted by molar-refractivity contribution is -0.141. The highest BCUT2D eigenvalue weighted by atomic mass is 32.2. The third-order valence-electron chi connectivity index (χ3n) is 2.62. The van der Waals surface area contributed by atoms with Crippen LogP contribution in [0.3, 0.4) is 0 Å². The van der Waals surface area contributed by atoms with Crippen LogP contribution in [0.4, 0.5) is 4.79 Å². The molecule has 80 valence electrons. The molecular weight excluding hydrogens is 206 g/mol. The summed E-state index contributed by atoms with van der Waals surface area (Å²) in [4.78, 5) is 22.9. The van der Waals surface area contributed by atoms with E-state index < -0.39 is 16.8 Å². The molecule has 2 N–H and O–H groups in total. The second kappa shape index (κ2) is 4.08. The fourth-order valence-electron chi connectivity index (χ4n) is 1.56. The topological polar surface area (TPSA) is 77.8 Å². The SMILES string of the molecule is CSC1(C(=O)O)CCN(C(=O)O)CC1. The summed E-state index contributed by atoms with van der Waals surface area (Å²) in [6, 6.07) is 0. The van der Waals surface area contributed by atoms with Gasteiger partial charge in [0.15, 0.2) is 0 Å². The number of aliphatic carboxylic acids is 1. The van der Waals surface area contributed by atoms with E-state index in [1.54, 1.807) is 6.26 Å². The van der Waals surface area contributed by atoms with Gasteiger partial charge in [-0.15, -0.1) is 11.8 Å². The van der Waals surface area contributed by atoms with Gasteiger partial charge in [-0.25, -0.2) is 4.79 Å². The highest BCUT2D eigenvalue weighted by Gasteiger charge is 2.41. The smallest absolute Gasteiger partial charge is 0.407 e. The van der Waals surface area contributed by atoms with Crippen molar-refractivity contribution in [2.45, 2.75) is 17.6 Å². The van der Waals surface area contributed by atoms with Crippen LogP contribution in [0, 0.1) is 0 Å². The molecule has 0 aromatic carbocycles. The maximum Gasteiger partial charge on any atom is 0.407 e. The number of carboxylic acids is 1. The third kappa shape index (κ3) is 1.95. The van der Waals surface area contributed by atoms with Crippen LogP contribution in [-0.2, 0) is 4.79 Å². The second-order valence-corrected chi connectivity index (χ2v) is 4.46. The highest BCUT2D eigenvalue weighted by molar-refractivity contribution is 8.00. The molecule has 0 bridgehead atoms. The molecule has 0 radical (unpaired) electrons. The van der Waals surface area contributed by atoms with E-state index in [1.165, 1.54) is 16.7 Å². The number of rotatable bonds is 2. The molecule has 1 aliphatic heterocycles. The molecule has 1 aliphatic rings. The van der Waals surface area contributed by atoms with Gasteiger partial charge in [-0.3, -0.25) is 4.79 Å². The Kier molecular flexibility index (Phi) is 3.25. The highest BCUT2D eigenvalue weighted by Crippen LogP contribution is 2.34. The van der Waals surface area contributed by atoms with Crippen molar-refractivity contribution in [3.8, 4) is 0 Å². The summed E-state index contributed by atoms with van der Waals surface area (Å²) in [5.74, 6) is -0.838. The van der Waals surface area contributed by atoms with Crippen LogP contribution in [0.25, 0.3) is 0 Å². The number of hydrogen-bond donors (Lipinski definition) is 2. The van der Waals surface area contributed by atoms with Crippen molar-refractivity contribution in [1.29, 1.82) is 0 Å². The molecule has 1 rings (SSSR count). The van der Waals surface area contributed by atoms with Crippen LogP contribution in [0.1, 0.15) is 12.8 Å². The first kappa shape index (κ1) is 11.2. The van der Waals surface area contributed by atoms with E-state index in [4.69, 9.17) is 10.2 Å². The standard InChI is InChI=1S/C8H13NO4S/c1-14-8(6(10)11)2-4-9(5-3-8)7(12)13/h2-5H2,1H3,(H,10,11)(H,12,13). The van der Waals surface area contributed by atoms with E-state index in [-0.39, 0.29) is 0 Å². The van der Waals surface area contributed by atoms with Crippen molar-refractivity contribution >= 4 is 23.8 Å². The van der Waals surface area contributed by atoms with Crippen LogP contribution >= 0.6 is 11.8 Å². The summed E-state index contributed by atoms with van der Waals surface area (Å²) < 4.78 is -0.786. The number of likely N-dealkylation sites (tertiary alicyclic amines) is 1. The minimum atomic E-state index is -0.968. The van der Waals surface area contributed by atoms with Gasteiger partial charge >= 0.3 is 12.1 Å². The molecule has 0 spiro atoms. The van der Waals surface area contributed by atoms with Crippen LogP contribution in [0.5, 0.6) is 0 Å². The Morgan fingerprint density at radius 3 is 2.07 bits per heavy atom. The lowest BCUT2D eigenvalue weighted by atomic mass is 9.96. The van der Waals surface area contributed by atoms with E-state index in [1.807, 2.05) is 0 Å². The quantitative estimate of drug-likeness (QED) is 0.723. The number of nitrogens with zero attached hydrogens (tertiary/aromatic N) is 1. The summed E-state index contributed by atoms with van der Waals surface area (Å²) in [7, 11) is 0. The van der Waals surface area contributed by atoms with Gasteiger partial charge in [0.25, 0.3) is 0 Å². The number of hydrogen-bond acceptors (Lipinski definition) is 3. The van der Waals surface area contributed by atoms with Crippen molar-refractivity contribution in [1.82, 2.24) is 4.90 Å². The number of carbonyl (C=O) groups is 2. The van der Waals surface area contributed by atoms with E-state index in [9.17, 15) is 9.59 Å². The van der Waals surface area contributed by atoms with Gasteiger partial charge in [0.1, 0.15) is 4.75 Å². The maximum atomic E-state index is 11.0. The van der Waals surface area contributed by atoms with E-state index in [2.05, 4.69) is 0 Å². The minimum Gasteiger partial charge on any atom is -0.480 e. The van der Waals surface area contributed by atoms with Gasteiger partial charge in [-0.1, -0.05) is 0 Å². The van der Waals surface area contributed by atoms with Crippen LogP contribution in [-0.4, -0.2) is 51.3 Å². The van der Waals surface area contributed by atoms with Crippen molar-refractivity contribution in [3.63, 3.8) is 0 Å². The zero-order valence-electron chi connectivity index (χ0n) is 7.89. The number of amides is 1. The van der Waals surface area contributed by atoms with Gasteiger partial charge in [0, 0.05) is 13.1 Å². The number of carboxylic acid groups (broad SMARTS) is 2.